The zero-order valence-electron chi connectivity index (χ0n) is 11.3. The Morgan fingerprint density at radius 1 is 1.35 bits per heavy atom. The first-order valence-corrected chi connectivity index (χ1v) is 7.26. The molecule has 104 valence electrons. The molecule has 0 aliphatic carbocycles. The second-order valence-electron chi connectivity index (χ2n) is 5.87. The Labute approximate surface area is 117 Å². The third-order valence-corrected chi connectivity index (χ3v) is 4.73. The Bertz CT molecular complexity index is 642. The van der Waals surface area contributed by atoms with Crippen molar-refractivity contribution in [3.05, 3.63) is 24.4 Å². The van der Waals surface area contributed by atoms with Crippen LogP contribution in [0.5, 0.6) is 0 Å². The van der Waals surface area contributed by atoms with Gasteiger partial charge in [0.1, 0.15) is 0 Å². The highest BCUT2D eigenvalue weighted by molar-refractivity contribution is 6.01. The molecular weight excluding hydrogens is 252 g/mol. The molecule has 0 radical (unpaired) electrons. The third kappa shape index (κ3) is 1.89. The van der Waals surface area contributed by atoms with Crippen LogP contribution in [0.1, 0.15) is 12.8 Å². The van der Waals surface area contributed by atoms with E-state index in [1.165, 1.54) is 0 Å². The molecule has 1 aromatic carbocycles. The van der Waals surface area contributed by atoms with Crippen molar-refractivity contribution < 1.29 is 4.79 Å². The fourth-order valence-corrected chi connectivity index (χ4v) is 3.56. The lowest BCUT2D eigenvalue weighted by molar-refractivity contribution is -0.125. The van der Waals surface area contributed by atoms with Gasteiger partial charge >= 0.3 is 0 Å². The predicted octanol–water partition coefficient (Wildman–Crippen LogP) is 1.84. The van der Waals surface area contributed by atoms with Gasteiger partial charge in [-0.25, -0.2) is 0 Å². The number of carbonyl (C=O) groups excluding carboxylic acids is 1. The van der Waals surface area contributed by atoms with Crippen LogP contribution in [-0.4, -0.2) is 40.6 Å². The normalized spacial score (nSPS) is 28.7. The lowest BCUT2D eigenvalue weighted by Gasteiger charge is -2.43. The molecule has 3 aliphatic heterocycles. The van der Waals surface area contributed by atoms with Crippen LogP contribution in [-0.2, 0) is 4.79 Å². The molecule has 5 heteroatoms. The number of piperidine rings is 3. The summed E-state index contributed by atoms with van der Waals surface area (Å²) in [7, 11) is 0. The van der Waals surface area contributed by atoms with Crippen molar-refractivity contribution in [1.82, 2.24) is 15.1 Å². The second-order valence-corrected chi connectivity index (χ2v) is 5.87. The number of amides is 1. The van der Waals surface area contributed by atoms with E-state index in [4.69, 9.17) is 0 Å². The Morgan fingerprint density at radius 2 is 2.20 bits per heavy atom. The van der Waals surface area contributed by atoms with Crippen molar-refractivity contribution in [1.29, 1.82) is 0 Å². The van der Waals surface area contributed by atoms with Crippen molar-refractivity contribution in [2.75, 3.05) is 25.0 Å². The molecule has 20 heavy (non-hydrogen) atoms. The molecule has 0 spiro atoms. The lowest BCUT2D eigenvalue weighted by atomic mass is 9.78. The average Bonchev–Trinajstić information content (AvgIpc) is 2.98. The van der Waals surface area contributed by atoms with Gasteiger partial charge in [-0.15, -0.1) is 0 Å². The molecule has 1 aromatic heterocycles. The van der Waals surface area contributed by atoms with Crippen LogP contribution in [0.25, 0.3) is 10.9 Å². The van der Waals surface area contributed by atoms with Gasteiger partial charge in [0, 0.05) is 11.9 Å². The fourth-order valence-electron chi connectivity index (χ4n) is 3.56. The monoisotopic (exact) mass is 270 g/mol. The van der Waals surface area contributed by atoms with Gasteiger partial charge in [0.25, 0.3) is 0 Å². The van der Waals surface area contributed by atoms with Crippen LogP contribution in [0.15, 0.2) is 24.4 Å². The predicted molar refractivity (Wildman–Crippen MR) is 77.4 cm³/mol. The molecule has 0 unspecified atom stereocenters. The first-order valence-electron chi connectivity index (χ1n) is 7.26. The molecule has 1 atom stereocenters. The average molecular weight is 270 g/mol. The number of anilines is 1. The van der Waals surface area contributed by atoms with E-state index >= 15 is 0 Å². The Kier molecular flexibility index (Phi) is 2.73. The molecule has 5 nitrogen and oxygen atoms in total. The van der Waals surface area contributed by atoms with Crippen molar-refractivity contribution in [3.63, 3.8) is 0 Å². The van der Waals surface area contributed by atoms with Crippen LogP contribution < -0.4 is 5.32 Å². The number of para-hydroxylation sites is 1. The van der Waals surface area contributed by atoms with Gasteiger partial charge in [0.05, 0.1) is 23.3 Å². The van der Waals surface area contributed by atoms with E-state index in [2.05, 4.69) is 20.4 Å². The summed E-state index contributed by atoms with van der Waals surface area (Å²) >= 11 is 0. The van der Waals surface area contributed by atoms with Crippen LogP contribution in [0.2, 0.25) is 0 Å². The van der Waals surface area contributed by atoms with E-state index in [1.807, 2.05) is 18.2 Å². The van der Waals surface area contributed by atoms with Gasteiger partial charge in [0.15, 0.2) is 0 Å². The van der Waals surface area contributed by atoms with Gasteiger partial charge < -0.3 is 10.2 Å². The highest BCUT2D eigenvalue weighted by Gasteiger charge is 2.38. The summed E-state index contributed by atoms with van der Waals surface area (Å²) < 4.78 is 0. The topological polar surface area (TPSA) is 61.0 Å². The maximum absolute atomic E-state index is 12.6. The molecule has 3 fully saturated rings. The minimum absolute atomic E-state index is 0.135. The van der Waals surface area contributed by atoms with Crippen molar-refractivity contribution >= 4 is 22.5 Å². The molecule has 4 heterocycles. The Hall–Kier alpha value is -1.88. The number of benzene rings is 1. The van der Waals surface area contributed by atoms with Crippen LogP contribution in [0.4, 0.5) is 5.69 Å². The molecule has 3 aliphatic rings. The summed E-state index contributed by atoms with van der Waals surface area (Å²) in [6.07, 6.45) is 4.10. The van der Waals surface area contributed by atoms with Crippen LogP contribution >= 0.6 is 0 Å². The van der Waals surface area contributed by atoms with Gasteiger partial charge in [-0.3, -0.25) is 9.89 Å². The quantitative estimate of drug-likeness (QED) is 0.875. The summed E-state index contributed by atoms with van der Waals surface area (Å²) in [4.78, 5) is 15.0. The minimum Gasteiger partial charge on any atom is -0.324 e. The van der Waals surface area contributed by atoms with E-state index in [9.17, 15) is 4.79 Å². The number of rotatable bonds is 2. The maximum atomic E-state index is 12.6. The molecule has 2 N–H and O–H groups in total. The van der Waals surface area contributed by atoms with E-state index in [1.54, 1.807) is 6.20 Å². The molecule has 0 saturated carbocycles. The smallest absolute Gasteiger partial charge is 0.229 e. The maximum Gasteiger partial charge on any atom is 0.229 e. The summed E-state index contributed by atoms with van der Waals surface area (Å²) in [5.74, 6) is 0.846. The highest BCUT2D eigenvalue weighted by atomic mass is 16.2. The van der Waals surface area contributed by atoms with Crippen molar-refractivity contribution in [2.24, 2.45) is 11.8 Å². The zero-order chi connectivity index (χ0) is 13.5. The largest absolute Gasteiger partial charge is 0.324 e. The fraction of sp³-hybridized carbons (Fsp3) is 0.467. The molecule has 5 rings (SSSR count). The minimum atomic E-state index is 0.135. The first-order chi connectivity index (χ1) is 9.81. The molecule has 3 saturated heterocycles. The number of fused-ring (bicyclic) bond motifs is 4. The Morgan fingerprint density at radius 3 is 2.95 bits per heavy atom. The highest BCUT2D eigenvalue weighted by Crippen LogP contribution is 2.33. The van der Waals surface area contributed by atoms with Crippen molar-refractivity contribution in [3.8, 4) is 0 Å². The van der Waals surface area contributed by atoms with E-state index < -0.39 is 0 Å². The number of carbonyl (C=O) groups is 1. The molecule has 2 bridgehead atoms. The van der Waals surface area contributed by atoms with E-state index in [0.717, 1.165) is 49.1 Å². The van der Waals surface area contributed by atoms with Gasteiger partial charge in [-0.2, -0.15) is 5.10 Å². The van der Waals surface area contributed by atoms with E-state index in [0.29, 0.717) is 5.92 Å². The van der Waals surface area contributed by atoms with Gasteiger partial charge in [-0.1, -0.05) is 12.1 Å². The number of aromatic amines is 1. The van der Waals surface area contributed by atoms with Gasteiger partial charge in [0.2, 0.25) is 5.91 Å². The number of nitrogens with one attached hydrogen (secondary N) is 2. The van der Waals surface area contributed by atoms with Crippen molar-refractivity contribution in [2.45, 2.75) is 12.8 Å². The summed E-state index contributed by atoms with van der Waals surface area (Å²) in [5, 5.41) is 11.1. The third-order valence-electron chi connectivity index (χ3n) is 4.73. The molecular formula is C15H18N4O. The number of hydrogen-bond acceptors (Lipinski definition) is 3. The molecule has 2 aromatic rings. The second kappa shape index (κ2) is 4.59. The summed E-state index contributed by atoms with van der Waals surface area (Å²) in [6, 6.07) is 5.87. The number of aromatic nitrogens is 2. The summed E-state index contributed by atoms with van der Waals surface area (Å²) in [5.41, 5.74) is 1.74. The summed E-state index contributed by atoms with van der Waals surface area (Å²) in [6.45, 7) is 3.23. The number of H-pyrrole nitrogens is 1. The molecule has 1 amide bonds. The van der Waals surface area contributed by atoms with Crippen LogP contribution in [0.3, 0.4) is 0 Å². The van der Waals surface area contributed by atoms with E-state index in [-0.39, 0.29) is 11.8 Å². The zero-order valence-corrected chi connectivity index (χ0v) is 11.3. The standard InChI is InChI=1S/C15H18N4O/c20-15(12-9-19-6-4-10(12)5-7-19)17-13-3-1-2-11-8-16-18-14(11)13/h1-3,8,10,12H,4-7,9H2,(H,16,18)(H,17,20)/t12-/m1/s1. The number of nitrogens with zero attached hydrogens (tertiary/aromatic N) is 2. The first kappa shape index (κ1) is 11.9. The lowest BCUT2D eigenvalue weighted by Crippen LogP contribution is -2.51. The van der Waals surface area contributed by atoms with Gasteiger partial charge in [-0.05, 0) is 37.9 Å². The SMILES string of the molecule is O=C(Nc1cccc2cn[nH]c12)[C@@H]1CN2CCC1CC2. The Balaban J connectivity index is 1.57. The number of hydrogen-bond donors (Lipinski definition) is 2. The van der Waals surface area contributed by atoms with Crippen LogP contribution in [0, 0.1) is 11.8 Å².